The number of para-hydroxylation sites is 1. The van der Waals surface area contributed by atoms with Crippen LogP contribution in [0.4, 0.5) is 0 Å². The van der Waals surface area contributed by atoms with Gasteiger partial charge >= 0.3 is 0 Å². The zero-order valence-electron chi connectivity index (χ0n) is 20.0. The van der Waals surface area contributed by atoms with Gasteiger partial charge in [-0.1, -0.05) is 54.1 Å². The van der Waals surface area contributed by atoms with Crippen LogP contribution in [0.1, 0.15) is 16.7 Å². The van der Waals surface area contributed by atoms with Gasteiger partial charge in [0.1, 0.15) is 17.7 Å². The standard InChI is InChI=1S/C31H20N4O/c1-17-12-18(2)27(19(3)13-17)20-8-9-21-14-26-29(23(21)11-10-20)28(22(15-32)16-33)30-34-25-7-5-4-6-24(25)31(36)35(26)30/h4-14H,1-3H3. The fourth-order valence-corrected chi connectivity index (χ4v) is 5.56. The fraction of sp³-hybridized carbons (Fsp3) is 0.0968. The van der Waals surface area contributed by atoms with Gasteiger partial charge in [-0.25, -0.2) is 4.98 Å². The molecule has 0 saturated heterocycles. The van der Waals surface area contributed by atoms with Gasteiger partial charge in [0.25, 0.3) is 5.56 Å². The molecule has 0 fully saturated rings. The third-order valence-corrected chi connectivity index (χ3v) is 6.93. The van der Waals surface area contributed by atoms with E-state index in [9.17, 15) is 15.3 Å². The highest BCUT2D eigenvalue weighted by molar-refractivity contribution is 6.07. The topological polar surface area (TPSA) is 81.9 Å². The van der Waals surface area contributed by atoms with Crippen LogP contribution in [0, 0.1) is 43.4 Å². The van der Waals surface area contributed by atoms with Crippen LogP contribution in [-0.2, 0) is 0 Å². The van der Waals surface area contributed by atoms with Crippen molar-refractivity contribution in [1.82, 2.24) is 9.38 Å². The number of nitrogens with zero attached hydrogens (tertiary/aromatic N) is 4. The van der Waals surface area contributed by atoms with Crippen LogP contribution in [0.15, 0.2) is 71.5 Å². The molecule has 6 rings (SSSR count). The summed E-state index contributed by atoms with van der Waals surface area (Å²) in [5.74, 6) is 0. The number of fused-ring (bicyclic) bond motifs is 6. The Bertz CT molecular complexity index is 2030. The lowest BCUT2D eigenvalue weighted by molar-refractivity contribution is 1.14. The van der Waals surface area contributed by atoms with Crippen molar-refractivity contribution in [2.24, 2.45) is 0 Å². The Morgan fingerprint density at radius 2 is 1.53 bits per heavy atom. The first-order valence-electron chi connectivity index (χ1n) is 11.7. The van der Waals surface area contributed by atoms with Crippen molar-refractivity contribution < 1.29 is 0 Å². The van der Waals surface area contributed by atoms with E-state index in [-0.39, 0.29) is 11.1 Å². The lowest BCUT2D eigenvalue weighted by atomic mass is 9.95. The van der Waals surface area contributed by atoms with E-state index >= 15 is 0 Å². The van der Waals surface area contributed by atoms with Crippen molar-refractivity contribution in [3.8, 4) is 34.4 Å². The lowest BCUT2D eigenvalue weighted by Crippen LogP contribution is -2.17. The van der Waals surface area contributed by atoms with Crippen LogP contribution in [0.25, 0.3) is 55.3 Å². The zero-order chi connectivity index (χ0) is 25.1. The number of aryl methyl sites for hydroxylation is 3. The number of nitriles is 2. The molecule has 2 aromatic carbocycles. The van der Waals surface area contributed by atoms with Gasteiger partial charge in [0.05, 0.1) is 21.6 Å². The van der Waals surface area contributed by atoms with E-state index in [1.54, 1.807) is 18.2 Å². The van der Waals surface area contributed by atoms with Crippen LogP contribution >= 0.6 is 0 Å². The molecule has 0 amide bonds. The predicted molar refractivity (Wildman–Crippen MR) is 143 cm³/mol. The molecule has 0 spiro atoms. The van der Waals surface area contributed by atoms with E-state index in [0.717, 1.165) is 16.7 Å². The highest BCUT2D eigenvalue weighted by atomic mass is 16.1. The van der Waals surface area contributed by atoms with Gasteiger partial charge in [0, 0.05) is 5.39 Å². The van der Waals surface area contributed by atoms with Gasteiger partial charge in [-0.05, 0) is 72.4 Å². The summed E-state index contributed by atoms with van der Waals surface area (Å²) >= 11 is 0. The molecule has 170 valence electrons. The minimum Gasteiger partial charge on any atom is -0.268 e. The first-order chi connectivity index (χ1) is 17.4. The summed E-state index contributed by atoms with van der Waals surface area (Å²) < 4.78 is 1.54. The first-order valence-corrected chi connectivity index (χ1v) is 11.7. The maximum atomic E-state index is 13.5. The molecule has 36 heavy (non-hydrogen) atoms. The molecule has 2 aliphatic carbocycles. The van der Waals surface area contributed by atoms with E-state index in [1.807, 2.05) is 36.4 Å². The minimum atomic E-state index is -0.214. The summed E-state index contributed by atoms with van der Waals surface area (Å²) in [4.78, 5) is 18.3. The second kappa shape index (κ2) is 7.77. The summed E-state index contributed by atoms with van der Waals surface area (Å²) in [5.41, 5.74) is 8.94. The Kier molecular flexibility index (Phi) is 4.64. The molecular formula is C31H20N4O. The van der Waals surface area contributed by atoms with Crippen molar-refractivity contribution in [3.05, 3.63) is 99.0 Å². The summed E-state index contributed by atoms with van der Waals surface area (Å²) in [7, 11) is 0. The van der Waals surface area contributed by atoms with Crippen molar-refractivity contribution in [1.29, 1.82) is 10.5 Å². The maximum absolute atomic E-state index is 13.5. The van der Waals surface area contributed by atoms with Crippen molar-refractivity contribution >= 4 is 33.0 Å². The van der Waals surface area contributed by atoms with E-state index in [4.69, 9.17) is 4.98 Å². The Balaban J connectivity index is 1.79. The Morgan fingerprint density at radius 3 is 2.25 bits per heavy atom. The van der Waals surface area contributed by atoms with E-state index in [0.29, 0.717) is 32.7 Å². The smallest absolute Gasteiger partial charge is 0.266 e. The highest BCUT2D eigenvalue weighted by Gasteiger charge is 2.22. The molecule has 0 bridgehead atoms. The number of hydrogen-bond donors (Lipinski definition) is 0. The molecule has 0 N–H and O–H groups in total. The minimum absolute atomic E-state index is 0.0610. The summed E-state index contributed by atoms with van der Waals surface area (Å²) in [6.45, 7) is 6.33. The quantitative estimate of drug-likeness (QED) is 0.316. The Morgan fingerprint density at radius 1 is 0.861 bits per heavy atom. The van der Waals surface area contributed by atoms with E-state index in [1.165, 1.54) is 26.7 Å². The van der Waals surface area contributed by atoms with E-state index in [2.05, 4.69) is 45.0 Å². The third kappa shape index (κ3) is 2.94. The summed E-state index contributed by atoms with van der Waals surface area (Å²) in [6, 6.07) is 25.7. The van der Waals surface area contributed by atoms with Gasteiger partial charge in [-0.2, -0.15) is 10.5 Å². The van der Waals surface area contributed by atoms with Crippen LogP contribution < -0.4 is 10.8 Å². The monoisotopic (exact) mass is 464 g/mol. The molecular weight excluding hydrogens is 444 g/mol. The second-order valence-corrected chi connectivity index (χ2v) is 9.24. The molecule has 2 aromatic heterocycles. The van der Waals surface area contributed by atoms with Crippen LogP contribution in [0.3, 0.4) is 0 Å². The summed E-state index contributed by atoms with van der Waals surface area (Å²) in [5, 5.41) is 21.2. The molecule has 2 heterocycles. The number of aromatic nitrogens is 2. The molecule has 0 unspecified atom stereocenters. The molecule has 2 aliphatic rings. The van der Waals surface area contributed by atoms with Gasteiger partial charge in [-0.3, -0.25) is 9.20 Å². The lowest BCUT2D eigenvalue weighted by Gasteiger charge is -2.10. The number of rotatable bonds is 1. The first kappa shape index (κ1) is 21.5. The largest absolute Gasteiger partial charge is 0.268 e. The Hall–Kier alpha value is -5.00. The summed E-state index contributed by atoms with van der Waals surface area (Å²) in [6.07, 6.45) is 0. The van der Waals surface area contributed by atoms with E-state index < -0.39 is 0 Å². The predicted octanol–water partition coefficient (Wildman–Crippen LogP) is 5.61. The molecule has 5 heteroatoms. The highest BCUT2D eigenvalue weighted by Crippen LogP contribution is 2.36. The SMILES string of the molecule is Cc1cc(C)c(-c2ccc3cc4c(c-3cc2)c(=C(C#N)C#N)c2nc3ccccc3c(=O)n24)c(C)c1. The normalized spacial score (nSPS) is 11.2. The Labute approximate surface area is 207 Å². The molecule has 5 nitrogen and oxygen atoms in total. The van der Waals surface area contributed by atoms with Crippen molar-refractivity contribution in [3.63, 3.8) is 0 Å². The van der Waals surface area contributed by atoms with Crippen LogP contribution in [0.2, 0.25) is 0 Å². The third-order valence-electron chi connectivity index (χ3n) is 6.93. The second-order valence-electron chi connectivity index (χ2n) is 9.24. The average Bonchev–Trinajstić information content (AvgIpc) is 3.27. The molecule has 0 radical (unpaired) electrons. The van der Waals surface area contributed by atoms with Gasteiger partial charge in [0.15, 0.2) is 5.65 Å². The fourth-order valence-electron chi connectivity index (χ4n) is 5.56. The van der Waals surface area contributed by atoms with Crippen LogP contribution in [-0.4, -0.2) is 9.38 Å². The molecule has 0 saturated carbocycles. The average molecular weight is 465 g/mol. The van der Waals surface area contributed by atoms with Crippen molar-refractivity contribution in [2.45, 2.75) is 20.8 Å². The molecule has 4 aromatic rings. The van der Waals surface area contributed by atoms with Gasteiger partial charge in [0.2, 0.25) is 0 Å². The van der Waals surface area contributed by atoms with Gasteiger partial charge in [-0.15, -0.1) is 0 Å². The van der Waals surface area contributed by atoms with Gasteiger partial charge < -0.3 is 0 Å². The van der Waals surface area contributed by atoms with Crippen molar-refractivity contribution in [2.75, 3.05) is 0 Å². The zero-order valence-corrected chi connectivity index (χ0v) is 20.0. The maximum Gasteiger partial charge on any atom is 0.266 e. The molecule has 0 atom stereocenters. The number of hydrogen-bond acceptors (Lipinski definition) is 4. The molecule has 0 aliphatic heterocycles. The number of benzene rings is 2. The van der Waals surface area contributed by atoms with Crippen LogP contribution in [0.5, 0.6) is 0 Å².